The number of rotatable bonds is 7. The third-order valence-corrected chi connectivity index (χ3v) is 6.08. The summed E-state index contributed by atoms with van der Waals surface area (Å²) < 4.78 is 27.1. The monoisotopic (exact) mass is 389 g/mol. The molecule has 0 bridgehead atoms. The molecule has 1 aromatic rings. The Morgan fingerprint density at radius 3 is 2.44 bits per heavy atom. The van der Waals surface area contributed by atoms with E-state index in [0.717, 1.165) is 38.6 Å². The summed E-state index contributed by atoms with van der Waals surface area (Å²) in [7, 11) is -1.67. The third kappa shape index (κ3) is 6.26. The van der Waals surface area contributed by atoms with Crippen molar-refractivity contribution in [3.63, 3.8) is 0 Å². The van der Waals surface area contributed by atoms with Gasteiger partial charge in [-0.25, -0.2) is 8.42 Å². The molecule has 1 fully saturated rings. The van der Waals surface area contributed by atoms with Crippen LogP contribution in [-0.4, -0.2) is 51.9 Å². The van der Waals surface area contributed by atoms with Crippen LogP contribution in [0.1, 0.15) is 42.5 Å². The van der Waals surface area contributed by atoms with Crippen LogP contribution in [0.5, 0.6) is 0 Å². The Labute approximate surface area is 156 Å². The molecule has 1 heterocycles. The number of amides is 1. The van der Waals surface area contributed by atoms with Gasteiger partial charge in [-0.05, 0) is 51.1 Å². The maximum atomic E-state index is 12.8. The minimum absolute atomic E-state index is 0. The second-order valence-corrected chi connectivity index (χ2v) is 8.00. The maximum Gasteiger partial charge on any atom is 0.251 e. The van der Waals surface area contributed by atoms with E-state index >= 15 is 0 Å². The van der Waals surface area contributed by atoms with E-state index in [2.05, 4.69) is 10.6 Å². The third-order valence-electron chi connectivity index (χ3n) is 4.19. The van der Waals surface area contributed by atoms with Crippen molar-refractivity contribution in [1.82, 2.24) is 14.9 Å². The summed E-state index contributed by atoms with van der Waals surface area (Å²) in [5.74, 6) is -0.237. The van der Waals surface area contributed by atoms with Gasteiger partial charge in [-0.15, -0.1) is 12.4 Å². The molecule has 0 aromatic heterocycles. The van der Waals surface area contributed by atoms with Crippen LogP contribution in [-0.2, 0) is 10.0 Å². The number of nitrogens with one attached hydrogen (secondary N) is 2. The molecule has 0 spiro atoms. The number of halogens is 1. The highest BCUT2D eigenvalue weighted by Crippen LogP contribution is 2.21. The van der Waals surface area contributed by atoms with Gasteiger partial charge in [-0.3, -0.25) is 4.79 Å². The van der Waals surface area contributed by atoms with Gasteiger partial charge in [0.15, 0.2) is 0 Å². The fraction of sp³-hybridized carbons (Fsp3) is 0.588. The highest BCUT2D eigenvalue weighted by molar-refractivity contribution is 7.89. The molecule has 0 saturated carbocycles. The number of sulfonamides is 1. The molecule has 0 unspecified atom stereocenters. The molecule has 2 N–H and O–H groups in total. The van der Waals surface area contributed by atoms with Gasteiger partial charge in [0.2, 0.25) is 10.0 Å². The molecule has 6 nitrogen and oxygen atoms in total. The summed E-state index contributed by atoms with van der Waals surface area (Å²) in [4.78, 5) is 12.4. The molecule has 1 aliphatic rings. The minimum atomic E-state index is -3.53. The number of carbonyl (C=O) groups is 1. The van der Waals surface area contributed by atoms with Crippen molar-refractivity contribution in [2.24, 2.45) is 0 Å². The average Bonchev–Trinajstić information content (AvgIpc) is 2.88. The minimum Gasteiger partial charge on any atom is -0.352 e. The lowest BCUT2D eigenvalue weighted by molar-refractivity contribution is 0.0953. The van der Waals surface area contributed by atoms with Crippen molar-refractivity contribution < 1.29 is 13.2 Å². The molecule has 0 radical (unpaired) electrons. The smallest absolute Gasteiger partial charge is 0.251 e. The van der Waals surface area contributed by atoms with Gasteiger partial charge >= 0.3 is 0 Å². The van der Waals surface area contributed by atoms with E-state index in [-0.39, 0.29) is 23.2 Å². The van der Waals surface area contributed by atoms with Crippen molar-refractivity contribution in [3.8, 4) is 0 Å². The largest absolute Gasteiger partial charge is 0.352 e. The molecule has 0 atom stereocenters. The highest BCUT2D eigenvalue weighted by atomic mass is 35.5. The van der Waals surface area contributed by atoms with Crippen LogP contribution in [0, 0.1) is 0 Å². The zero-order chi connectivity index (χ0) is 17.4. The quantitative estimate of drug-likeness (QED) is 0.699. The van der Waals surface area contributed by atoms with Crippen LogP contribution >= 0.6 is 12.4 Å². The van der Waals surface area contributed by atoms with Gasteiger partial charge in [0.25, 0.3) is 5.91 Å². The van der Waals surface area contributed by atoms with Gasteiger partial charge in [0, 0.05) is 25.2 Å². The van der Waals surface area contributed by atoms with Crippen LogP contribution in [0.3, 0.4) is 0 Å². The Morgan fingerprint density at radius 2 is 1.80 bits per heavy atom. The molecule has 2 rings (SSSR count). The summed E-state index contributed by atoms with van der Waals surface area (Å²) in [6.07, 6.45) is 4.76. The van der Waals surface area contributed by atoms with Crippen molar-refractivity contribution >= 4 is 28.3 Å². The summed E-state index contributed by atoms with van der Waals surface area (Å²) in [6.45, 7) is 2.50. The number of benzene rings is 1. The number of hydrogen-bond donors (Lipinski definition) is 2. The van der Waals surface area contributed by atoms with E-state index in [1.165, 1.54) is 6.07 Å². The van der Waals surface area contributed by atoms with Crippen LogP contribution in [0.2, 0.25) is 0 Å². The van der Waals surface area contributed by atoms with Crippen LogP contribution < -0.4 is 10.6 Å². The molecule has 0 aliphatic carbocycles. The fourth-order valence-corrected chi connectivity index (χ4v) is 4.36. The van der Waals surface area contributed by atoms with E-state index < -0.39 is 10.0 Å². The number of nitrogens with zero attached hydrogens (tertiary/aromatic N) is 1. The van der Waals surface area contributed by atoms with Gasteiger partial charge < -0.3 is 10.6 Å². The lowest BCUT2D eigenvalue weighted by Crippen LogP contribution is -2.32. The van der Waals surface area contributed by atoms with Crippen LogP contribution in [0.25, 0.3) is 0 Å². The molecule has 8 heteroatoms. The molecule has 1 amide bonds. The molecule has 25 heavy (non-hydrogen) atoms. The summed E-state index contributed by atoms with van der Waals surface area (Å²) in [5, 5.41) is 5.83. The Hall–Kier alpha value is -1.15. The van der Waals surface area contributed by atoms with Crippen molar-refractivity contribution in [1.29, 1.82) is 0 Å². The normalized spacial score (nSPS) is 15.9. The molecule has 142 valence electrons. The first-order chi connectivity index (χ1) is 11.6. The predicted molar refractivity (Wildman–Crippen MR) is 102 cm³/mol. The summed E-state index contributed by atoms with van der Waals surface area (Å²) in [5.41, 5.74) is 0.385. The van der Waals surface area contributed by atoms with E-state index in [1.54, 1.807) is 22.5 Å². The van der Waals surface area contributed by atoms with E-state index in [0.29, 0.717) is 25.2 Å². The first-order valence-electron chi connectivity index (χ1n) is 8.59. The SMILES string of the molecule is CNCCCNC(=O)c1cccc(S(=O)(=O)N2CCCCCC2)c1.Cl. The van der Waals surface area contributed by atoms with Crippen molar-refractivity contribution in [3.05, 3.63) is 29.8 Å². The molecular formula is C17H28ClN3O3S. The number of carbonyl (C=O) groups excluding carboxylic acids is 1. The van der Waals surface area contributed by atoms with Gasteiger partial charge in [0.1, 0.15) is 0 Å². The lowest BCUT2D eigenvalue weighted by Gasteiger charge is -2.20. The molecule has 1 saturated heterocycles. The Morgan fingerprint density at radius 1 is 1.12 bits per heavy atom. The van der Waals surface area contributed by atoms with Gasteiger partial charge in [-0.1, -0.05) is 18.9 Å². The fourth-order valence-electron chi connectivity index (χ4n) is 2.80. The van der Waals surface area contributed by atoms with Gasteiger partial charge in [-0.2, -0.15) is 4.31 Å². The topological polar surface area (TPSA) is 78.5 Å². The van der Waals surface area contributed by atoms with Crippen molar-refractivity contribution in [2.45, 2.75) is 37.0 Å². The Balaban J connectivity index is 0.00000312. The second-order valence-electron chi connectivity index (χ2n) is 6.06. The molecular weight excluding hydrogens is 362 g/mol. The number of hydrogen-bond acceptors (Lipinski definition) is 4. The maximum absolute atomic E-state index is 12.8. The highest BCUT2D eigenvalue weighted by Gasteiger charge is 2.25. The second kappa shape index (κ2) is 10.8. The average molecular weight is 390 g/mol. The zero-order valence-electron chi connectivity index (χ0n) is 14.7. The molecule has 1 aromatic carbocycles. The van der Waals surface area contributed by atoms with E-state index in [4.69, 9.17) is 0 Å². The summed E-state index contributed by atoms with van der Waals surface area (Å²) >= 11 is 0. The first kappa shape index (κ1) is 21.9. The van der Waals surface area contributed by atoms with Crippen LogP contribution in [0.15, 0.2) is 29.2 Å². The van der Waals surface area contributed by atoms with E-state index in [9.17, 15) is 13.2 Å². The van der Waals surface area contributed by atoms with Gasteiger partial charge in [0.05, 0.1) is 4.90 Å². The van der Waals surface area contributed by atoms with Crippen molar-refractivity contribution in [2.75, 3.05) is 33.2 Å². The van der Waals surface area contributed by atoms with Crippen LogP contribution in [0.4, 0.5) is 0 Å². The lowest BCUT2D eigenvalue weighted by atomic mass is 10.2. The predicted octanol–water partition coefficient (Wildman–Crippen LogP) is 2.01. The standard InChI is InChI=1S/C17H27N3O3S.ClH/c1-18-10-7-11-19-17(21)15-8-6-9-16(14-15)24(22,23)20-12-4-2-3-5-13-20;/h6,8-9,14,18H,2-5,7,10-13H2,1H3,(H,19,21);1H. The van der Waals surface area contributed by atoms with E-state index in [1.807, 2.05) is 7.05 Å². The first-order valence-corrected chi connectivity index (χ1v) is 10.0. The summed E-state index contributed by atoms with van der Waals surface area (Å²) in [6, 6.07) is 6.33. The Kier molecular flexibility index (Phi) is 9.42. The molecule has 1 aliphatic heterocycles. The zero-order valence-corrected chi connectivity index (χ0v) is 16.3. The Bertz CT molecular complexity index is 644.